The van der Waals surface area contributed by atoms with Crippen LogP contribution in [0.15, 0.2) is 36.4 Å². The molecule has 1 aromatic carbocycles. The van der Waals surface area contributed by atoms with Gasteiger partial charge in [-0.1, -0.05) is 51.1 Å². The Balaban J connectivity index is 1.52. The van der Waals surface area contributed by atoms with Crippen molar-refractivity contribution in [3.8, 4) is 5.75 Å². The zero-order valence-corrected chi connectivity index (χ0v) is 21.5. The van der Waals surface area contributed by atoms with Gasteiger partial charge in [-0.3, -0.25) is 14.5 Å². The molecule has 192 valence electrons. The summed E-state index contributed by atoms with van der Waals surface area (Å²) in [7, 11) is 0. The molecule has 2 bridgehead atoms. The molecular formula is C28H41N3O4. The van der Waals surface area contributed by atoms with Gasteiger partial charge in [0.2, 0.25) is 11.8 Å². The number of hydrogen-bond acceptors (Lipinski definition) is 5. The first-order valence-corrected chi connectivity index (χ1v) is 13.0. The first-order valence-electron chi connectivity index (χ1n) is 13.0. The van der Waals surface area contributed by atoms with Crippen molar-refractivity contribution in [2.24, 2.45) is 17.3 Å². The number of carbonyl (C=O) groups excluding carboxylic acids is 2. The van der Waals surface area contributed by atoms with Gasteiger partial charge in [0, 0.05) is 51.3 Å². The molecule has 3 atom stereocenters. The van der Waals surface area contributed by atoms with Crippen molar-refractivity contribution < 1.29 is 19.4 Å². The molecule has 0 unspecified atom stereocenters. The second-order valence-electron chi connectivity index (χ2n) is 11.6. The molecule has 2 amide bonds. The number of rotatable bonds is 3. The first-order chi connectivity index (χ1) is 16.7. The average Bonchev–Trinajstić information content (AvgIpc) is 3.23. The quantitative estimate of drug-likeness (QED) is 0.670. The van der Waals surface area contributed by atoms with Gasteiger partial charge in [0.05, 0.1) is 12.6 Å². The molecule has 1 aromatic rings. The molecule has 7 heteroatoms. The van der Waals surface area contributed by atoms with E-state index < -0.39 is 6.10 Å². The van der Waals surface area contributed by atoms with Gasteiger partial charge in [0.25, 0.3) is 0 Å². The number of piperidine rings is 1. The van der Waals surface area contributed by atoms with Crippen molar-refractivity contribution in [1.82, 2.24) is 14.7 Å². The van der Waals surface area contributed by atoms with Crippen molar-refractivity contribution in [2.75, 3.05) is 45.9 Å². The second-order valence-corrected chi connectivity index (χ2v) is 11.6. The number of ether oxygens (including phenoxy) is 1. The number of likely N-dealkylation sites (tertiary alicyclic amines) is 1. The second kappa shape index (κ2) is 11.1. The fourth-order valence-electron chi connectivity index (χ4n) is 5.56. The normalized spacial score (nSPS) is 27.3. The van der Waals surface area contributed by atoms with Crippen LogP contribution < -0.4 is 4.74 Å². The standard InChI is InChI=1S/C28H41N3O4/c1-28(2,3)20-29-16-23-7-4-5-9-25(23)35-14-6-8-22-17-30(27(34)19-29)12-10-21(22)15-26(33)31-13-11-24(32)18-31/h4-9,21-22,24,32H,10-20H2,1-3H3/b8-6+/t21-,22-,24+/m0/s1. The van der Waals surface area contributed by atoms with Crippen LogP contribution in [0.1, 0.15) is 45.6 Å². The summed E-state index contributed by atoms with van der Waals surface area (Å²) in [4.78, 5) is 32.3. The molecule has 4 rings (SSSR count). The number of carbonyl (C=O) groups is 2. The average molecular weight is 484 g/mol. The monoisotopic (exact) mass is 483 g/mol. The number of benzene rings is 1. The lowest BCUT2D eigenvalue weighted by atomic mass is 9.82. The lowest BCUT2D eigenvalue weighted by Crippen LogP contribution is -2.48. The fraction of sp³-hybridized carbons (Fsp3) is 0.643. The molecule has 0 aliphatic carbocycles. The Morgan fingerprint density at radius 3 is 2.66 bits per heavy atom. The molecular weight excluding hydrogens is 442 g/mol. The fourth-order valence-corrected chi connectivity index (χ4v) is 5.56. The third-order valence-corrected chi connectivity index (χ3v) is 7.25. The topological polar surface area (TPSA) is 73.3 Å². The van der Waals surface area contributed by atoms with Crippen LogP contribution >= 0.6 is 0 Å². The Hall–Kier alpha value is -2.38. The zero-order valence-electron chi connectivity index (χ0n) is 21.5. The SMILES string of the molecule is CC(C)(C)CN1CC(=O)N2CC[C@@H](CC(=O)N3CC[C@@H](O)C3)[C@@H](/C=C/COc3ccccc3C1)C2. The van der Waals surface area contributed by atoms with Gasteiger partial charge >= 0.3 is 0 Å². The van der Waals surface area contributed by atoms with Crippen LogP contribution in [-0.4, -0.2) is 83.6 Å². The van der Waals surface area contributed by atoms with Gasteiger partial charge in [0.15, 0.2) is 0 Å². The molecule has 2 fully saturated rings. The molecule has 3 aliphatic heterocycles. The van der Waals surface area contributed by atoms with E-state index in [1.54, 1.807) is 4.90 Å². The van der Waals surface area contributed by atoms with Crippen LogP contribution in [0.2, 0.25) is 0 Å². The van der Waals surface area contributed by atoms with E-state index in [0.29, 0.717) is 58.7 Å². The molecule has 0 radical (unpaired) electrons. The van der Waals surface area contributed by atoms with E-state index in [1.165, 1.54) is 0 Å². The van der Waals surface area contributed by atoms with Crippen molar-refractivity contribution in [3.05, 3.63) is 42.0 Å². The Bertz CT molecular complexity index is 925. The minimum absolute atomic E-state index is 0.0602. The molecule has 3 heterocycles. The molecule has 7 nitrogen and oxygen atoms in total. The Morgan fingerprint density at radius 2 is 1.91 bits per heavy atom. The van der Waals surface area contributed by atoms with Gasteiger partial charge in [-0.05, 0) is 36.2 Å². The lowest BCUT2D eigenvalue weighted by Gasteiger charge is -2.39. The third-order valence-electron chi connectivity index (χ3n) is 7.25. The van der Waals surface area contributed by atoms with E-state index in [-0.39, 0.29) is 29.1 Å². The van der Waals surface area contributed by atoms with Crippen molar-refractivity contribution in [2.45, 2.75) is 52.7 Å². The lowest BCUT2D eigenvalue weighted by molar-refractivity contribution is -0.136. The van der Waals surface area contributed by atoms with E-state index in [0.717, 1.165) is 24.3 Å². The third kappa shape index (κ3) is 7.07. The summed E-state index contributed by atoms with van der Waals surface area (Å²) in [5, 5.41) is 9.82. The maximum absolute atomic E-state index is 13.4. The summed E-state index contributed by atoms with van der Waals surface area (Å²) in [5.74, 6) is 1.41. The van der Waals surface area contributed by atoms with E-state index in [1.807, 2.05) is 29.2 Å². The zero-order chi connectivity index (χ0) is 25.0. The smallest absolute Gasteiger partial charge is 0.236 e. The number of para-hydroxylation sites is 1. The molecule has 35 heavy (non-hydrogen) atoms. The molecule has 0 aromatic heterocycles. The van der Waals surface area contributed by atoms with Gasteiger partial charge in [-0.25, -0.2) is 0 Å². The van der Waals surface area contributed by atoms with Crippen LogP contribution in [0.3, 0.4) is 0 Å². The Morgan fingerprint density at radius 1 is 1.11 bits per heavy atom. The Labute approximate surface area is 209 Å². The number of amides is 2. The van der Waals surface area contributed by atoms with E-state index >= 15 is 0 Å². The summed E-state index contributed by atoms with van der Waals surface area (Å²) in [6.07, 6.45) is 5.71. The Kier molecular flexibility index (Phi) is 8.17. The summed E-state index contributed by atoms with van der Waals surface area (Å²) >= 11 is 0. The van der Waals surface area contributed by atoms with Crippen LogP contribution in [0.5, 0.6) is 5.75 Å². The number of β-amino-alcohol motifs (C(OH)–C–C–N with tert-alkyl or cyclic N) is 1. The predicted molar refractivity (Wildman–Crippen MR) is 136 cm³/mol. The number of aliphatic hydroxyl groups is 1. The van der Waals surface area contributed by atoms with Crippen LogP contribution in [0.4, 0.5) is 0 Å². The number of nitrogens with zero attached hydrogens (tertiary/aromatic N) is 3. The van der Waals surface area contributed by atoms with Gasteiger partial charge in [-0.15, -0.1) is 0 Å². The molecule has 0 spiro atoms. The highest BCUT2D eigenvalue weighted by atomic mass is 16.5. The molecule has 3 aliphatic rings. The number of fused-ring (bicyclic) bond motifs is 3. The highest BCUT2D eigenvalue weighted by Gasteiger charge is 2.34. The molecule has 0 saturated carbocycles. The minimum atomic E-state index is -0.403. The summed E-state index contributed by atoms with van der Waals surface area (Å²) in [5.41, 5.74) is 1.15. The van der Waals surface area contributed by atoms with Crippen molar-refractivity contribution in [1.29, 1.82) is 0 Å². The molecule has 1 N–H and O–H groups in total. The highest BCUT2D eigenvalue weighted by Crippen LogP contribution is 2.30. The first kappa shape index (κ1) is 25.7. The van der Waals surface area contributed by atoms with Crippen molar-refractivity contribution >= 4 is 11.8 Å². The van der Waals surface area contributed by atoms with Crippen molar-refractivity contribution in [3.63, 3.8) is 0 Å². The molecule has 2 saturated heterocycles. The van der Waals surface area contributed by atoms with Crippen LogP contribution in [-0.2, 0) is 16.1 Å². The van der Waals surface area contributed by atoms with Crippen LogP contribution in [0, 0.1) is 17.3 Å². The van der Waals surface area contributed by atoms with Gasteiger partial charge in [0.1, 0.15) is 12.4 Å². The summed E-state index contributed by atoms with van der Waals surface area (Å²) < 4.78 is 6.14. The summed E-state index contributed by atoms with van der Waals surface area (Å²) in [6, 6.07) is 8.07. The largest absolute Gasteiger partial charge is 0.489 e. The van der Waals surface area contributed by atoms with E-state index in [2.05, 4.69) is 37.8 Å². The number of hydrogen-bond donors (Lipinski definition) is 1. The van der Waals surface area contributed by atoms with Gasteiger partial charge in [-0.2, -0.15) is 0 Å². The van der Waals surface area contributed by atoms with Gasteiger partial charge < -0.3 is 19.6 Å². The predicted octanol–water partition coefficient (Wildman–Crippen LogP) is 2.93. The van der Waals surface area contributed by atoms with E-state index in [9.17, 15) is 14.7 Å². The maximum Gasteiger partial charge on any atom is 0.236 e. The minimum Gasteiger partial charge on any atom is -0.489 e. The van der Waals surface area contributed by atoms with E-state index in [4.69, 9.17) is 4.74 Å². The summed E-state index contributed by atoms with van der Waals surface area (Å²) in [6.45, 7) is 11.3. The highest BCUT2D eigenvalue weighted by molar-refractivity contribution is 5.79. The maximum atomic E-state index is 13.4. The number of aliphatic hydroxyl groups excluding tert-OH is 1. The van der Waals surface area contributed by atoms with Crippen LogP contribution in [0.25, 0.3) is 0 Å².